The van der Waals surface area contributed by atoms with Crippen molar-refractivity contribution in [2.75, 3.05) is 45.9 Å². The highest BCUT2D eigenvalue weighted by Gasteiger charge is 2.24. The zero-order chi connectivity index (χ0) is 19.5. The first-order chi connectivity index (χ1) is 13.6. The second-order valence-electron chi connectivity index (χ2n) is 6.86. The number of rotatable bonds is 4. The molecule has 2 aromatic carbocycles. The van der Waals surface area contributed by atoms with Crippen LogP contribution in [-0.4, -0.2) is 67.4 Å². The van der Waals surface area contributed by atoms with Crippen LogP contribution in [0.15, 0.2) is 42.5 Å². The smallest absolute Gasteiger partial charge is 0.253 e. The number of benzene rings is 2. The van der Waals surface area contributed by atoms with Crippen LogP contribution in [0.25, 0.3) is 0 Å². The largest absolute Gasteiger partial charge is 0.486 e. The van der Waals surface area contributed by atoms with Gasteiger partial charge in [0.25, 0.3) is 5.91 Å². The van der Waals surface area contributed by atoms with Crippen LogP contribution in [0.3, 0.4) is 0 Å². The topological polar surface area (TPSA) is 59.1 Å². The second kappa shape index (κ2) is 7.98. The molecule has 4 rings (SSSR count). The van der Waals surface area contributed by atoms with Gasteiger partial charge in [-0.05, 0) is 42.5 Å². The zero-order valence-corrected chi connectivity index (χ0v) is 15.4. The van der Waals surface area contributed by atoms with E-state index in [1.807, 2.05) is 4.90 Å². The minimum atomic E-state index is -0.362. The Morgan fingerprint density at radius 1 is 0.857 bits per heavy atom. The van der Waals surface area contributed by atoms with E-state index in [0.717, 1.165) is 0 Å². The fourth-order valence-corrected chi connectivity index (χ4v) is 3.40. The summed E-state index contributed by atoms with van der Waals surface area (Å²) >= 11 is 0. The van der Waals surface area contributed by atoms with Gasteiger partial charge in [0.05, 0.1) is 6.54 Å². The summed E-state index contributed by atoms with van der Waals surface area (Å²) in [6.07, 6.45) is 0. The summed E-state index contributed by atoms with van der Waals surface area (Å²) in [5.41, 5.74) is 1.07. The first-order valence-corrected chi connectivity index (χ1v) is 9.30. The van der Waals surface area contributed by atoms with Crippen LogP contribution in [0.1, 0.15) is 20.7 Å². The molecule has 0 aliphatic carbocycles. The Labute approximate surface area is 162 Å². The lowest BCUT2D eigenvalue weighted by Crippen LogP contribution is -2.49. The van der Waals surface area contributed by atoms with Gasteiger partial charge in [-0.3, -0.25) is 14.5 Å². The monoisotopic (exact) mass is 384 g/mol. The molecule has 2 heterocycles. The maximum atomic E-state index is 13.0. The molecule has 2 aliphatic rings. The van der Waals surface area contributed by atoms with E-state index in [1.54, 1.807) is 23.1 Å². The molecule has 1 saturated heterocycles. The third kappa shape index (κ3) is 3.99. The van der Waals surface area contributed by atoms with Gasteiger partial charge in [0.15, 0.2) is 17.3 Å². The Hall–Kier alpha value is -2.93. The second-order valence-corrected chi connectivity index (χ2v) is 6.86. The molecule has 0 spiro atoms. The highest BCUT2D eigenvalue weighted by Crippen LogP contribution is 2.30. The molecule has 1 amide bonds. The lowest BCUT2D eigenvalue weighted by molar-refractivity contribution is 0.0624. The maximum Gasteiger partial charge on any atom is 0.253 e. The molecule has 0 unspecified atom stereocenters. The summed E-state index contributed by atoms with van der Waals surface area (Å²) in [7, 11) is 0. The molecular weight excluding hydrogens is 363 g/mol. The van der Waals surface area contributed by atoms with Crippen molar-refractivity contribution in [3.05, 3.63) is 59.4 Å². The molecule has 0 bridgehead atoms. The van der Waals surface area contributed by atoms with Crippen LogP contribution < -0.4 is 9.47 Å². The minimum absolute atomic E-state index is 0.00952. The van der Waals surface area contributed by atoms with Gasteiger partial charge in [0.2, 0.25) is 0 Å². The quantitative estimate of drug-likeness (QED) is 0.757. The SMILES string of the molecule is O=C(CN1CCN(C(=O)c2ccc(F)cc2)CC1)c1ccc2c(c1)OCCO2. The van der Waals surface area contributed by atoms with Crippen LogP contribution in [-0.2, 0) is 0 Å². The highest BCUT2D eigenvalue weighted by molar-refractivity contribution is 5.98. The number of Topliss-reactive ketones (excluding diaryl/α,β-unsaturated/α-hetero) is 1. The molecule has 7 heteroatoms. The summed E-state index contributed by atoms with van der Waals surface area (Å²) in [6.45, 7) is 3.58. The van der Waals surface area contributed by atoms with E-state index in [0.29, 0.717) is 62.0 Å². The van der Waals surface area contributed by atoms with Crippen molar-refractivity contribution in [1.82, 2.24) is 9.80 Å². The summed E-state index contributed by atoms with van der Waals surface area (Å²) in [4.78, 5) is 28.9. The number of carbonyl (C=O) groups is 2. The Morgan fingerprint density at radius 3 is 2.21 bits per heavy atom. The van der Waals surface area contributed by atoms with Gasteiger partial charge in [-0.1, -0.05) is 0 Å². The molecule has 0 saturated carbocycles. The van der Waals surface area contributed by atoms with Crippen LogP contribution in [0.5, 0.6) is 11.5 Å². The van der Waals surface area contributed by atoms with Crippen LogP contribution in [0, 0.1) is 5.82 Å². The molecule has 2 aliphatic heterocycles. The Kier molecular flexibility index (Phi) is 5.25. The molecule has 0 atom stereocenters. The zero-order valence-electron chi connectivity index (χ0n) is 15.4. The average Bonchev–Trinajstić information content (AvgIpc) is 2.74. The number of carbonyl (C=O) groups excluding carboxylic acids is 2. The van der Waals surface area contributed by atoms with E-state index < -0.39 is 0 Å². The maximum absolute atomic E-state index is 13.0. The van der Waals surface area contributed by atoms with Crippen molar-refractivity contribution in [3.8, 4) is 11.5 Å². The third-order valence-electron chi connectivity index (χ3n) is 4.98. The first-order valence-electron chi connectivity index (χ1n) is 9.30. The predicted octanol–water partition coefficient (Wildman–Crippen LogP) is 2.24. The lowest BCUT2D eigenvalue weighted by Gasteiger charge is -2.34. The van der Waals surface area contributed by atoms with Gasteiger partial charge < -0.3 is 14.4 Å². The van der Waals surface area contributed by atoms with Crippen LogP contribution in [0.4, 0.5) is 4.39 Å². The van der Waals surface area contributed by atoms with Crippen molar-refractivity contribution in [2.45, 2.75) is 0 Å². The summed E-state index contributed by atoms with van der Waals surface area (Å²) in [6, 6.07) is 10.8. The van der Waals surface area contributed by atoms with Crippen molar-refractivity contribution in [3.63, 3.8) is 0 Å². The van der Waals surface area contributed by atoms with Crippen molar-refractivity contribution >= 4 is 11.7 Å². The number of piperazine rings is 1. The number of hydrogen-bond donors (Lipinski definition) is 0. The fraction of sp³-hybridized carbons (Fsp3) is 0.333. The first kappa shape index (κ1) is 18.4. The Bertz CT molecular complexity index is 876. The van der Waals surface area contributed by atoms with Gasteiger partial charge in [-0.2, -0.15) is 0 Å². The van der Waals surface area contributed by atoms with Crippen LogP contribution in [0.2, 0.25) is 0 Å². The number of ketones is 1. The summed E-state index contributed by atoms with van der Waals surface area (Å²) in [5, 5.41) is 0. The van der Waals surface area contributed by atoms with Crippen molar-refractivity contribution in [2.24, 2.45) is 0 Å². The average molecular weight is 384 g/mol. The molecule has 0 radical (unpaired) electrons. The lowest BCUT2D eigenvalue weighted by atomic mass is 10.1. The summed E-state index contributed by atoms with van der Waals surface area (Å²) in [5.74, 6) is 0.801. The van der Waals surface area contributed by atoms with Gasteiger partial charge >= 0.3 is 0 Å². The molecule has 2 aromatic rings. The number of halogens is 1. The van der Waals surface area contributed by atoms with E-state index in [4.69, 9.17) is 9.47 Å². The van der Waals surface area contributed by atoms with Gasteiger partial charge in [-0.15, -0.1) is 0 Å². The van der Waals surface area contributed by atoms with E-state index in [1.165, 1.54) is 24.3 Å². The van der Waals surface area contributed by atoms with Gasteiger partial charge in [0, 0.05) is 37.3 Å². The minimum Gasteiger partial charge on any atom is -0.486 e. The van der Waals surface area contributed by atoms with Crippen molar-refractivity contribution in [1.29, 1.82) is 0 Å². The van der Waals surface area contributed by atoms with Crippen molar-refractivity contribution < 1.29 is 23.5 Å². The molecule has 28 heavy (non-hydrogen) atoms. The van der Waals surface area contributed by atoms with E-state index in [2.05, 4.69) is 0 Å². The van der Waals surface area contributed by atoms with Gasteiger partial charge in [-0.25, -0.2) is 4.39 Å². The molecule has 0 aromatic heterocycles. The Balaban J connectivity index is 1.32. The predicted molar refractivity (Wildman–Crippen MR) is 101 cm³/mol. The molecular formula is C21H21FN2O4. The van der Waals surface area contributed by atoms with E-state index >= 15 is 0 Å². The number of ether oxygens (including phenoxy) is 2. The van der Waals surface area contributed by atoms with E-state index in [-0.39, 0.29) is 24.1 Å². The molecule has 6 nitrogen and oxygen atoms in total. The summed E-state index contributed by atoms with van der Waals surface area (Å²) < 4.78 is 24.0. The molecule has 1 fully saturated rings. The number of fused-ring (bicyclic) bond motifs is 1. The Morgan fingerprint density at radius 2 is 1.50 bits per heavy atom. The van der Waals surface area contributed by atoms with Gasteiger partial charge in [0.1, 0.15) is 19.0 Å². The van der Waals surface area contributed by atoms with E-state index in [9.17, 15) is 14.0 Å². The standard InChI is InChI=1S/C21H21FN2O4/c22-17-4-1-15(2-5-17)21(26)24-9-7-23(8-10-24)14-18(25)16-3-6-19-20(13-16)28-12-11-27-19/h1-6,13H,7-12,14H2. The fourth-order valence-electron chi connectivity index (χ4n) is 3.40. The molecule has 0 N–H and O–H groups in total. The number of amides is 1. The third-order valence-corrected chi connectivity index (χ3v) is 4.98. The number of hydrogen-bond acceptors (Lipinski definition) is 5. The highest BCUT2D eigenvalue weighted by atomic mass is 19.1. The molecule has 146 valence electrons. The number of nitrogens with zero attached hydrogens (tertiary/aromatic N) is 2. The normalized spacial score (nSPS) is 16.7. The van der Waals surface area contributed by atoms with Crippen LogP contribution >= 0.6 is 0 Å².